The molecule has 0 bridgehead atoms. The summed E-state index contributed by atoms with van der Waals surface area (Å²) in [7, 11) is 0. The molecule has 0 unspecified atom stereocenters. The van der Waals surface area contributed by atoms with Gasteiger partial charge in [0.2, 0.25) is 5.11 Å². The van der Waals surface area contributed by atoms with E-state index in [0.717, 1.165) is 34.5 Å². The number of halogens is 1. The fourth-order valence-corrected chi connectivity index (χ4v) is 4.66. The van der Waals surface area contributed by atoms with Crippen LogP contribution in [0.2, 0.25) is 0 Å². The Labute approximate surface area is 173 Å². The van der Waals surface area contributed by atoms with Crippen LogP contribution in [-0.4, -0.2) is 28.7 Å². The van der Waals surface area contributed by atoms with E-state index in [0.29, 0.717) is 11.7 Å². The number of nitrogens with zero attached hydrogens (tertiary/aromatic N) is 2. The standard InChI is InChI=1S/C21H22BrN3OS/c1-20(2)14-21(12-13-26-20)18(23-16-6-4-3-5-7-16)24-19(27)25(21)17-10-8-15(22)9-11-17/h3-11H,12-14H2,1-2H3,(H,23,24,27)/t21-/m1/s1. The Morgan fingerprint density at radius 2 is 1.81 bits per heavy atom. The average molecular weight is 444 g/mol. The SMILES string of the molecule is CC1(C)C[C@]2(CCO1)C(Nc1ccccc1)=NC(=S)N2c1ccc(Br)cc1. The van der Waals surface area contributed by atoms with Gasteiger partial charge >= 0.3 is 0 Å². The van der Waals surface area contributed by atoms with Gasteiger partial charge in [-0.1, -0.05) is 34.1 Å². The van der Waals surface area contributed by atoms with Gasteiger partial charge in [-0.25, -0.2) is 4.99 Å². The van der Waals surface area contributed by atoms with Gasteiger partial charge in [0, 0.05) is 35.3 Å². The van der Waals surface area contributed by atoms with E-state index in [9.17, 15) is 0 Å². The molecular weight excluding hydrogens is 422 g/mol. The van der Waals surface area contributed by atoms with Crippen molar-refractivity contribution in [3.8, 4) is 0 Å². The lowest BCUT2D eigenvalue weighted by Gasteiger charge is -2.48. The third-order valence-corrected chi connectivity index (χ3v) is 5.92. The summed E-state index contributed by atoms with van der Waals surface area (Å²) in [5.41, 5.74) is 1.46. The molecule has 2 aliphatic rings. The molecular formula is C21H22BrN3OS. The lowest BCUT2D eigenvalue weighted by atomic mass is 9.79. The second kappa shape index (κ2) is 7.00. The monoisotopic (exact) mass is 443 g/mol. The minimum atomic E-state index is -0.345. The largest absolute Gasteiger partial charge is 0.375 e. The molecule has 4 rings (SSSR count). The molecule has 4 nitrogen and oxygen atoms in total. The molecule has 6 heteroatoms. The van der Waals surface area contributed by atoms with Gasteiger partial charge in [-0.3, -0.25) is 0 Å². The van der Waals surface area contributed by atoms with Crippen molar-refractivity contribution in [2.24, 2.45) is 4.99 Å². The van der Waals surface area contributed by atoms with Crippen molar-refractivity contribution in [1.82, 2.24) is 0 Å². The first-order valence-electron chi connectivity index (χ1n) is 9.05. The number of hydrogen-bond acceptors (Lipinski definition) is 3. The number of anilines is 2. The maximum Gasteiger partial charge on any atom is 0.202 e. The maximum absolute atomic E-state index is 6.03. The zero-order chi connectivity index (χ0) is 19.1. The first-order chi connectivity index (χ1) is 12.9. The van der Waals surface area contributed by atoms with Crippen LogP contribution < -0.4 is 10.2 Å². The Hall–Kier alpha value is -1.76. The van der Waals surface area contributed by atoms with E-state index in [-0.39, 0.29) is 11.1 Å². The van der Waals surface area contributed by atoms with Crippen LogP contribution in [0, 0.1) is 0 Å². The maximum atomic E-state index is 6.03. The van der Waals surface area contributed by atoms with Gasteiger partial charge in [0.25, 0.3) is 0 Å². The van der Waals surface area contributed by atoms with E-state index in [1.165, 1.54) is 0 Å². The van der Waals surface area contributed by atoms with Gasteiger partial charge in [-0.05, 0) is 62.5 Å². The zero-order valence-electron chi connectivity index (χ0n) is 15.4. The van der Waals surface area contributed by atoms with Crippen molar-refractivity contribution in [2.45, 2.75) is 37.8 Å². The van der Waals surface area contributed by atoms with E-state index in [1.807, 2.05) is 42.5 Å². The van der Waals surface area contributed by atoms with Crippen LogP contribution >= 0.6 is 28.1 Å². The fraction of sp³-hybridized carbons (Fsp3) is 0.333. The summed E-state index contributed by atoms with van der Waals surface area (Å²) in [5.74, 6) is 0.901. The Balaban J connectivity index is 1.77. The van der Waals surface area contributed by atoms with Crippen molar-refractivity contribution < 1.29 is 4.74 Å². The molecule has 0 radical (unpaired) electrons. The highest BCUT2D eigenvalue weighted by Crippen LogP contribution is 2.43. The van der Waals surface area contributed by atoms with E-state index < -0.39 is 0 Å². The third-order valence-electron chi connectivity index (χ3n) is 5.12. The zero-order valence-corrected chi connectivity index (χ0v) is 17.8. The number of nitrogens with one attached hydrogen (secondary N) is 1. The number of ether oxygens (including phenoxy) is 1. The number of thiocarbonyl (C=S) groups is 1. The number of amidine groups is 1. The van der Waals surface area contributed by atoms with Crippen LogP contribution in [0.4, 0.5) is 11.4 Å². The van der Waals surface area contributed by atoms with Gasteiger partial charge in [0.1, 0.15) is 11.4 Å². The number of benzene rings is 2. The number of hydrogen-bond donors (Lipinski definition) is 1. The summed E-state index contributed by atoms with van der Waals surface area (Å²) in [5, 5.41) is 4.13. The smallest absolute Gasteiger partial charge is 0.202 e. The molecule has 2 aromatic carbocycles. The molecule has 140 valence electrons. The number of aliphatic imine (C=N–C) groups is 1. The minimum Gasteiger partial charge on any atom is -0.375 e. The second-order valence-corrected chi connectivity index (χ2v) is 8.89. The van der Waals surface area contributed by atoms with E-state index in [4.69, 9.17) is 21.9 Å². The normalized spacial score (nSPS) is 24.2. The lowest BCUT2D eigenvalue weighted by Crippen LogP contribution is -2.60. The van der Waals surface area contributed by atoms with Gasteiger partial charge in [-0.2, -0.15) is 0 Å². The Morgan fingerprint density at radius 1 is 1.11 bits per heavy atom. The fourth-order valence-electron chi connectivity index (χ4n) is 4.02. The highest BCUT2D eigenvalue weighted by molar-refractivity contribution is 9.10. The topological polar surface area (TPSA) is 36.9 Å². The average Bonchev–Trinajstić information content (AvgIpc) is 2.86. The summed E-state index contributed by atoms with van der Waals surface area (Å²) < 4.78 is 7.07. The van der Waals surface area contributed by atoms with Crippen LogP contribution in [0.3, 0.4) is 0 Å². The number of rotatable bonds is 2. The van der Waals surface area contributed by atoms with E-state index >= 15 is 0 Å². The molecule has 1 N–H and O–H groups in total. The Morgan fingerprint density at radius 3 is 2.48 bits per heavy atom. The molecule has 27 heavy (non-hydrogen) atoms. The molecule has 2 aliphatic heterocycles. The van der Waals surface area contributed by atoms with Crippen LogP contribution in [0.1, 0.15) is 26.7 Å². The van der Waals surface area contributed by atoms with Gasteiger partial charge in [0.15, 0.2) is 0 Å². The first kappa shape index (κ1) is 18.6. The van der Waals surface area contributed by atoms with E-state index in [1.54, 1.807) is 0 Å². The molecule has 1 saturated heterocycles. The summed E-state index contributed by atoms with van der Waals surface area (Å²) in [6.07, 6.45) is 1.63. The molecule has 0 aromatic heterocycles. The molecule has 0 saturated carbocycles. The predicted molar refractivity (Wildman–Crippen MR) is 119 cm³/mol. The molecule has 0 amide bonds. The Bertz CT molecular complexity index is 882. The molecule has 2 heterocycles. The van der Waals surface area contributed by atoms with E-state index in [2.05, 4.69) is 52.1 Å². The van der Waals surface area contributed by atoms with Crippen molar-refractivity contribution in [3.63, 3.8) is 0 Å². The predicted octanol–water partition coefficient (Wildman–Crippen LogP) is 5.39. The van der Waals surface area contributed by atoms with Crippen LogP contribution in [0.5, 0.6) is 0 Å². The summed E-state index contributed by atoms with van der Waals surface area (Å²) in [6, 6.07) is 18.4. The van der Waals surface area contributed by atoms with Gasteiger partial charge in [-0.15, -0.1) is 0 Å². The molecule has 1 atom stereocenters. The van der Waals surface area contributed by atoms with Crippen LogP contribution in [0.15, 0.2) is 64.1 Å². The van der Waals surface area contributed by atoms with Crippen molar-refractivity contribution in [2.75, 3.05) is 16.8 Å². The highest BCUT2D eigenvalue weighted by Gasteiger charge is 2.53. The minimum absolute atomic E-state index is 0.259. The Kier molecular flexibility index (Phi) is 4.82. The van der Waals surface area contributed by atoms with Crippen molar-refractivity contribution in [3.05, 3.63) is 59.1 Å². The second-order valence-electron chi connectivity index (χ2n) is 7.61. The highest BCUT2D eigenvalue weighted by atomic mass is 79.9. The van der Waals surface area contributed by atoms with Crippen LogP contribution in [0.25, 0.3) is 0 Å². The third kappa shape index (κ3) is 3.53. The summed E-state index contributed by atoms with van der Waals surface area (Å²) in [6.45, 7) is 4.93. The van der Waals surface area contributed by atoms with Crippen LogP contribution in [-0.2, 0) is 4.74 Å². The van der Waals surface area contributed by atoms with Crippen molar-refractivity contribution >= 4 is 50.5 Å². The molecule has 1 spiro atoms. The molecule has 0 aliphatic carbocycles. The summed E-state index contributed by atoms with van der Waals surface area (Å²) in [4.78, 5) is 7.00. The first-order valence-corrected chi connectivity index (χ1v) is 10.2. The van der Waals surface area contributed by atoms with Gasteiger partial charge in [0.05, 0.1) is 5.60 Å². The molecule has 1 fully saturated rings. The number of para-hydroxylation sites is 1. The van der Waals surface area contributed by atoms with Gasteiger partial charge < -0.3 is 15.0 Å². The molecule has 2 aromatic rings. The summed E-state index contributed by atoms with van der Waals surface area (Å²) >= 11 is 9.24. The van der Waals surface area contributed by atoms with Crippen molar-refractivity contribution in [1.29, 1.82) is 0 Å². The lowest BCUT2D eigenvalue weighted by molar-refractivity contribution is -0.0661. The quantitative estimate of drug-likeness (QED) is 0.630.